The van der Waals surface area contributed by atoms with Crippen molar-refractivity contribution >= 4 is 5.97 Å². The van der Waals surface area contributed by atoms with Gasteiger partial charge in [0.1, 0.15) is 5.92 Å². The molecule has 0 aromatic carbocycles. The van der Waals surface area contributed by atoms with E-state index in [4.69, 9.17) is 5.26 Å². The zero-order chi connectivity index (χ0) is 11.9. The monoisotopic (exact) mass is 223 g/mol. The molecule has 0 aliphatic carbocycles. The van der Waals surface area contributed by atoms with E-state index in [9.17, 15) is 18.0 Å². The van der Waals surface area contributed by atoms with Crippen molar-refractivity contribution in [1.29, 1.82) is 5.26 Å². The molecular weight excluding hydrogens is 211 g/mol. The molecule has 0 N–H and O–H groups in total. The Hall–Kier alpha value is -1.25. The fourth-order valence-corrected chi connectivity index (χ4v) is 0.985. The van der Waals surface area contributed by atoms with Crippen molar-refractivity contribution in [2.24, 2.45) is 5.92 Å². The van der Waals surface area contributed by atoms with Gasteiger partial charge >= 0.3 is 12.1 Å². The molecule has 0 aliphatic heterocycles. The zero-order valence-corrected chi connectivity index (χ0v) is 8.30. The lowest BCUT2D eigenvalue weighted by molar-refractivity contribution is -0.148. The third-order valence-corrected chi connectivity index (χ3v) is 1.68. The van der Waals surface area contributed by atoms with Crippen LogP contribution in [0, 0.1) is 17.2 Å². The molecule has 0 spiro atoms. The summed E-state index contributed by atoms with van der Waals surface area (Å²) in [6, 6.07) is 1.63. The van der Waals surface area contributed by atoms with Crippen molar-refractivity contribution in [2.45, 2.75) is 32.4 Å². The van der Waals surface area contributed by atoms with Crippen LogP contribution in [-0.2, 0) is 9.53 Å². The van der Waals surface area contributed by atoms with E-state index in [-0.39, 0.29) is 19.4 Å². The second-order valence-corrected chi connectivity index (χ2v) is 2.94. The number of ether oxygens (including phenoxy) is 1. The maximum Gasteiger partial charge on any atom is 0.389 e. The minimum absolute atomic E-state index is 0.116. The Kier molecular flexibility index (Phi) is 5.75. The molecule has 15 heavy (non-hydrogen) atoms. The lowest BCUT2D eigenvalue weighted by atomic mass is 10.0. The summed E-state index contributed by atoms with van der Waals surface area (Å²) in [5.74, 6) is -1.84. The van der Waals surface area contributed by atoms with Gasteiger partial charge in [-0.15, -0.1) is 0 Å². The smallest absolute Gasteiger partial charge is 0.389 e. The van der Waals surface area contributed by atoms with Gasteiger partial charge in [-0.25, -0.2) is 0 Å². The van der Waals surface area contributed by atoms with Gasteiger partial charge in [0.05, 0.1) is 12.7 Å². The molecule has 0 saturated heterocycles. The number of carbonyl (C=O) groups excluding carboxylic acids is 1. The van der Waals surface area contributed by atoms with Gasteiger partial charge in [0.15, 0.2) is 0 Å². The fourth-order valence-electron chi connectivity index (χ4n) is 0.985. The first-order valence-electron chi connectivity index (χ1n) is 4.53. The Labute approximate surface area is 85.8 Å². The Morgan fingerprint density at radius 2 is 2.13 bits per heavy atom. The van der Waals surface area contributed by atoms with Crippen molar-refractivity contribution in [3.8, 4) is 6.07 Å². The van der Waals surface area contributed by atoms with Gasteiger partial charge < -0.3 is 4.74 Å². The second kappa shape index (κ2) is 6.27. The fraction of sp³-hybridized carbons (Fsp3) is 0.778. The van der Waals surface area contributed by atoms with Crippen LogP contribution in [0.25, 0.3) is 0 Å². The van der Waals surface area contributed by atoms with Crippen LogP contribution in [0.5, 0.6) is 0 Å². The van der Waals surface area contributed by atoms with Gasteiger partial charge in [-0.1, -0.05) is 0 Å². The van der Waals surface area contributed by atoms with Crippen LogP contribution >= 0.6 is 0 Å². The lowest BCUT2D eigenvalue weighted by Gasteiger charge is -2.09. The predicted octanol–water partition coefficient (Wildman–Crippen LogP) is 2.42. The average molecular weight is 223 g/mol. The Morgan fingerprint density at radius 3 is 2.53 bits per heavy atom. The Bertz CT molecular complexity index is 245. The number of nitrogens with zero attached hydrogens (tertiary/aromatic N) is 1. The van der Waals surface area contributed by atoms with Gasteiger partial charge in [-0.05, 0) is 19.8 Å². The molecule has 0 aromatic heterocycles. The quantitative estimate of drug-likeness (QED) is 0.672. The summed E-state index contributed by atoms with van der Waals surface area (Å²) in [5, 5.41) is 8.52. The van der Waals surface area contributed by atoms with Crippen LogP contribution in [-0.4, -0.2) is 18.8 Å². The number of nitriles is 1. The number of hydrogen-bond acceptors (Lipinski definition) is 3. The first kappa shape index (κ1) is 13.8. The maximum absolute atomic E-state index is 11.8. The molecule has 1 atom stereocenters. The molecule has 6 heteroatoms. The number of esters is 1. The normalized spacial score (nSPS) is 13.0. The highest BCUT2D eigenvalue weighted by atomic mass is 19.4. The molecule has 3 nitrogen and oxygen atoms in total. The minimum atomic E-state index is -4.24. The summed E-state index contributed by atoms with van der Waals surface area (Å²) < 4.78 is 39.8. The van der Waals surface area contributed by atoms with E-state index < -0.39 is 24.5 Å². The number of carbonyl (C=O) groups is 1. The summed E-state index contributed by atoms with van der Waals surface area (Å²) in [5.41, 5.74) is 0. The summed E-state index contributed by atoms with van der Waals surface area (Å²) in [6.07, 6.45) is -5.57. The second-order valence-electron chi connectivity index (χ2n) is 2.94. The number of rotatable bonds is 5. The van der Waals surface area contributed by atoms with Crippen molar-refractivity contribution in [1.82, 2.24) is 0 Å². The van der Waals surface area contributed by atoms with Gasteiger partial charge in [0.25, 0.3) is 0 Å². The highest BCUT2D eigenvalue weighted by Gasteiger charge is 2.28. The van der Waals surface area contributed by atoms with Crippen molar-refractivity contribution < 1.29 is 22.7 Å². The first-order chi connectivity index (χ1) is 6.90. The highest BCUT2D eigenvalue weighted by molar-refractivity contribution is 5.75. The van der Waals surface area contributed by atoms with Crippen LogP contribution in [0.3, 0.4) is 0 Å². The molecule has 0 aliphatic rings. The van der Waals surface area contributed by atoms with Crippen LogP contribution in [0.1, 0.15) is 26.2 Å². The van der Waals surface area contributed by atoms with E-state index in [0.717, 1.165) is 0 Å². The summed E-state index contributed by atoms with van der Waals surface area (Å²) in [4.78, 5) is 11.0. The molecule has 0 radical (unpaired) electrons. The molecule has 0 amide bonds. The van der Waals surface area contributed by atoms with Gasteiger partial charge in [0, 0.05) is 6.42 Å². The average Bonchev–Trinajstić information content (AvgIpc) is 2.11. The third kappa shape index (κ3) is 6.77. The van der Waals surface area contributed by atoms with Gasteiger partial charge in [0.2, 0.25) is 0 Å². The Morgan fingerprint density at radius 1 is 1.53 bits per heavy atom. The highest BCUT2D eigenvalue weighted by Crippen LogP contribution is 2.23. The molecule has 0 rings (SSSR count). The molecule has 0 bridgehead atoms. The molecule has 0 saturated carbocycles. The maximum atomic E-state index is 11.8. The summed E-state index contributed by atoms with van der Waals surface area (Å²) in [6.45, 7) is 1.69. The van der Waals surface area contributed by atoms with Crippen LogP contribution in [0.4, 0.5) is 13.2 Å². The van der Waals surface area contributed by atoms with Gasteiger partial charge in [-0.3, -0.25) is 4.79 Å². The predicted molar refractivity (Wildman–Crippen MR) is 45.6 cm³/mol. The van der Waals surface area contributed by atoms with Crippen molar-refractivity contribution in [2.75, 3.05) is 6.61 Å². The number of hydrogen-bond donors (Lipinski definition) is 0. The minimum Gasteiger partial charge on any atom is -0.465 e. The SMILES string of the molecule is CCOC(=O)C(C#N)CCCC(F)(F)F. The molecule has 86 valence electrons. The van der Waals surface area contributed by atoms with E-state index >= 15 is 0 Å². The molecular formula is C9H12F3NO2. The standard InChI is InChI=1S/C9H12F3NO2/c1-2-15-8(14)7(6-13)4-3-5-9(10,11)12/h7H,2-5H2,1H3. The van der Waals surface area contributed by atoms with Crippen molar-refractivity contribution in [3.63, 3.8) is 0 Å². The van der Waals surface area contributed by atoms with Crippen LogP contribution < -0.4 is 0 Å². The molecule has 0 fully saturated rings. The topological polar surface area (TPSA) is 50.1 Å². The largest absolute Gasteiger partial charge is 0.465 e. The van der Waals surface area contributed by atoms with Crippen LogP contribution in [0.2, 0.25) is 0 Å². The van der Waals surface area contributed by atoms with E-state index in [0.29, 0.717) is 0 Å². The van der Waals surface area contributed by atoms with E-state index in [2.05, 4.69) is 4.74 Å². The summed E-state index contributed by atoms with van der Waals surface area (Å²) in [7, 11) is 0. The zero-order valence-electron chi connectivity index (χ0n) is 8.30. The molecule has 0 heterocycles. The van der Waals surface area contributed by atoms with Crippen molar-refractivity contribution in [3.05, 3.63) is 0 Å². The first-order valence-corrected chi connectivity index (χ1v) is 4.53. The number of halogens is 3. The third-order valence-electron chi connectivity index (χ3n) is 1.68. The molecule has 1 unspecified atom stereocenters. The van der Waals surface area contributed by atoms with E-state index in [1.54, 1.807) is 13.0 Å². The summed E-state index contributed by atoms with van der Waals surface area (Å²) >= 11 is 0. The van der Waals surface area contributed by atoms with Gasteiger partial charge in [-0.2, -0.15) is 18.4 Å². The van der Waals surface area contributed by atoms with E-state index in [1.165, 1.54) is 0 Å². The van der Waals surface area contributed by atoms with E-state index in [1.807, 2.05) is 0 Å². The Balaban J connectivity index is 3.92. The van der Waals surface area contributed by atoms with Crippen LogP contribution in [0.15, 0.2) is 0 Å². The number of alkyl halides is 3. The lowest BCUT2D eigenvalue weighted by Crippen LogP contribution is -2.17. The molecule has 0 aromatic rings.